The molecule has 1 aromatic carbocycles. The molecule has 0 aliphatic carbocycles. The molecule has 1 atom stereocenters. The lowest BCUT2D eigenvalue weighted by Gasteiger charge is -2.15. The maximum atomic E-state index is 11.0. The van der Waals surface area contributed by atoms with Crippen LogP contribution in [0.5, 0.6) is 5.75 Å². The Morgan fingerprint density at radius 2 is 2.33 bits per heavy atom. The molecule has 2 rings (SSSR count). The minimum Gasteiger partial charge on any atom is -0.494 e. The van der Waals surface area contributed by atoms with Crippen molar-refractivity contribution in [1.29, 1.82) is 0 Å². The van der Waals surface area contributed by atoms with E-state index in [1.165, 1.54) is 6.92 Å². The first-order valence-corrected chi connectivity index (χ1v) is 5.99. The first kappa shape index (κ1) is 12.7. The molecular weight excluding hydrogens is 232 g/mol. The molecule has 1 amide bonds. The van der Waals surface area contributed by atoms with E-state index in [4.69, 9.17) is 9.47 Å². The molecule has 1 unspecified atom stereocenters. The van der Waals surface area contributed by atoms with Crippen molar-refractivity contribution in [1.82, 2.24) is 0 Å². The van der Waals surface area contributed by atoms with Crippen molar-refractivity contribution in [3.8, 4) is 5.75 Å². The van der Waals surface area contributed by atoms with Gasteiger partial charge in [0.25, 0.3) is 0 Å². The van der Waals surface area contributed by atoms with Crippen LogP contribution in [0, 0.1) is 0 Å². The Balaban J connectivity index is 2.10. The normalized spacial score (nSPS) is 18.4. The van der Waals surface area contributed by atoms with Crippen LogP contribution in [0.3, 0.4) is 0 Å². The van der Waals surface area contributed by atoms with Crippen molar-refractivity contribution in [3.63, 3.8) is 0 Å². The summed E-state index contributed by atoms with van der Waals surface area (Å²) >= 11 is 0. The SMILES string of the molecule is COc1cc(NC2CCOC2)ccc1NC(C)=O. The summed E-state index contributed by atoms with van der Waals surface area (Å²) in [5.74, 6) is 0.535. The zero-order chi connectivity index (χ0) is 13.0. The fourth-order valence-electron chi connectivity index (χ4n) is 1.96. The largest absolute Gasteiger partial charge is 0.494 e. The van der Waals surface area contributed by atoms with E-state index in [0.717, 1.165) is 25.3 Å². The van der Waals surface area contributed by atoms with Crippen LogP contribution < -0.4 is 15.4 Å². The van der Waals surface area contributed by atoms with Crippen LogP contribution in [0.2, 0.25) is 0 Å². The number of benzene rings is 1. The van der Waals surface area contributed by atoms with Crippen LogP contribution in [-0.4, -0.2) is 32.3 Å². The lowest BCUT2D eigenvalue weighted by atomic mass is 10.2. The molecule has 98 valence electrons. The number of carbonyl (C=O) groups excluding carboxylic acids is 1. The summed E-state index contributed by atoms with van der Waals surface area (Å²) in [6.45, 7) is 3.01. The van der Waals surface area contributed by atoms with Gasteiger partial charge in [0.2, 0.25) is 5.91 Å². The van der Waals surface area contributed by atoms with Crippen molar-refractivity contribution in [2.45, 2.75) is 19.4 Å². The van der Waals surface area contributed by atoms with E-state index in [1.54, 1.807) is 7.11 Å². The van der Waals surface area contributed by atoms with Crippen molar-refractivity contribution in [2.24, 2.45) is 0 Å². The first-order chi connectivity index (χ1) is 8.69. The van der Waals surface area contributed by atoms with Gasteiger partial charge in [0.15, 0.2) is 0 Å². The lowest BCUT2D eigenvalue weighted by Crippen LogP contribution is -2.19. The minimum absolute atomic E-state index is 0.113. The minimum atomic E-state index is -0.113. The van der Waals surface area contributed by atoms with Gasteiger partial charge in [-0.15, -0.1) is 0 Å². The number of amides is 1. The van der Waals surface area contributed by atoms with Gasteiger partial charge in [0.1, 0.15) is 5.75 Å². The molecule has 1 fully saturated rings. The Bertz CT molecular complexity index is 428. The molecule has 5 nitrogen and oxygen atoms in total. The summed E-state index contributed by atoms with van der Waals surface area (Å²) in [5, 5.41) is 6.11. The summed E-state index contributed by atoms with van der Waals surface area (Å²) in [6.07, 6.45) is 1.01. The second-order valence-electron chi connectivity index (χ2n) is 4.30. The molecule has 0 saturated carbocycles. The highest BCUT2D eigenvalue weighted by atomic mass is 16.5. The summed E-state index contributed by atoms with van der Waals surface area (Å²) < 4.78 is 10.6. The maximum absolute atomic E-state index is 11.0. The molecule has 0 bridgehead atoms. The van der Waals surface area contributed by atoms with Crippen LogP contribution >= 0.6 is 0 Å². The topological polar surface area (TPSA) is 59.6 Å². The van der Waals surface area contributed by atoms with Gasteiger partial charge >= 0.3 is 0 Å². The molecule has 1 aliphatic heterocycles. The molecule has 0 aromatic heterocycles. The van der Waals surface area contributed by atoms with Crippen LogP contribution in [0.4, 0.5) is 11.4 Å². The summed E-state index contributed by atoms with van der Waals surface area (Å²) in [4.78, 5) is 11.0. The average molecular weight is 250 g/mol. The third-order valence-electron chi connectivity index (χ3n) is 2.81. The highest BCUT2D eigenvalue weighted by Gasteiger charge is 2.15. The smallest absolute Gasteiger partial charge is 0.221 e. The molecule has 1 heterocycles. The Kier molecular flexibility index (Phi) is 4.04. The van der Waals surface area contributed by atoms with Gasteiger partial charge in [-0.3, -0.25) is 4.79 Å². The van der Waals surface area contributed by atoms with Crippen molar-refractivity contribution in [3.05, 3.63) is 18.2 Å². The molecule has 5 heteroatoms. The van der Waals surface area contributed by atoms with Crippen molar-refractivity contribution >= 4 is 17.3 Å². The fourth-order valence-corrected chi connectivity index (χ4v) is 1.96. The zero-order valence-corrected chi connectivity index (χ0v) is 10.7. The highest BCUT2D eigenvalue weighted by molar-refractivity contribution is 5.90. The van der Waals surface area contributed by atoms with E-state index in [2.05, 4.69) is 10.6 Å². The predicted molar refractivity (Wildman–Crippen MR) is 70.1 cm³/mol. The van der Waals surface area contributed by atoms with Crippen LogP contribution in [-0.2, 0) is 9.53 Å². The summed E-state index contributed by atoms with van der Waals surface area (Å²) in [6, 6.07) is 5.98. The van der Waals surface area contributed by atoms with E-state index in [-0.39, 0.29) is 5.91 Å². The number of anilines is 2. The second kappa shape index (κ2) is 5.73. The Morgan fingerprint density at radius 3 is 2.94 bits per heavy atom. The Hall–Kier alpha value is -1.75. The number of ether oxygens (including phenoxy) is 2. The van der Waals surface area contributed by atoms with Crippen molar-refractivity contribution in [2.75, 3.05) is 31.0 Å². The molecule has 1 saturated heterocycles. The third-order valence-corrected chi connectivity index (χ3v) is 2.81. The van der Waals surface area contributed by atoms with Gasteiger partial charge in [-0.05, 0) is 18.6 Å². The van der Waals surface area contributed by atoms with E-state index in [0.29, 0.717) is 17.5 Å². The predicted octanol–water partition coefficient (Wildman–Crippen LogP) is 1.85. The van der Waals surface area contributed by atoms with Gasteiger partial charge in [0.05, 0.1) is 25.4 Å². The molecule has 18 heavy (non-hydrogen) atoms. The van der Waals surface area contributed by atoms with Gasteiger partial charge < -0.3 is 20.1 Å². The number of carbonyl (C=O) groups is 1. The maximum Gasteiger partial charge on any atom is 0.221 e. The second-order valence-corrected chi connectivity index (χ2v) is 4.30. The third kappa shape index (κ3) is 3.13. The fraction of sp³-hybridized carbons (Fsp3) is 0.462. The number of rotatable bonds is 4. The van der Waals surface area contributed by atoms with Crippen LogP contribution in [0.25, 0.3) is 0 Å². The molecule has 1 aromatic rings. The number of hydrogen-bond donors (Lipinski definition) is 2. The standard InChI is InChI=1S/C13H18N2O3/c1-9(16)14-12-4-3-10(7-13(12)17-2)15-11-5-6-18-8-11/h3-4,7,11,15H,5-6,8H2,1-2H3,(H,14,16). The van der Waals surface area contributed by atoms with Crippen molar-refractivity contribution < 1.29 is 14.3 Å². The molecular formula is C13H18N2O3. The molecule has 1 aliphatic rings. The molecule has 0 spiro atoms. The number of nitrogens with one attached hydrogen (secondary N) is 2. The van der Waals surface area contributed by atoms with Crippen LogP contribution in [0.15, 0.2) is 18.2 Å². The monoisotopic (exact) mass is 250 g/mol. The number of methoxy groups -OCH3 is 1. The summed E-state index contributed by atoms with van der Waals surface area (Å²) in [5.41, 5.74) is 1.65. The van der Waals surface area contributed by atoms with E-state index < -0.39 is 0 Å². The Labute approximate surface area is 106 Å². The molecule has 0 radical (unpaired) electrons. The average Bonchev–Trinajstić information content (AvgIpc) is 2.83. The van der Waals surface area contributed by atoms with E-state index in [1.807, 2.05) is 18.2 Å². The van der Waals surface area contributed by atoms with Crippen LogP contribution in [0.1, 0.15) is 13.3 Å². The summed E-state index contributed by atoms with van der Waals surface area (Å²) in [7, 11) is 1.59. The first-order valence-electron chi connectivity index (χ1n) is 5.99. The van der Waals surface area contributed by atoms with Gasteiger partial charge in [-0.2, -0.15) is 0 Å². The van der Waals surface area contributed by atoms with E-state index in [9.17, 15) is 4.79 Å². The van der Waals surface area contributed by atoms with Gasteiger partial charge in [0, 0.05) is 25.3 Å². The van der Waals surface area contributed by atoms with Gasteiger partial charge in [-0.25, -0.2) is 0 Å². The van der Waals surface area contributed by atoms with Gasteiger partial charge in [-0.1, -0.05) is 0 Å². The Morgan fingerprint density at radius 1 is 1.50 bits per heavy atom. The number of hydrogen-bond acceptors (Lipinski definition) is 4. The van der Waals surface area contributed by atoms with E-state index >= 15 is 0 Å². The highest BCUT2D eigenvalue weighted by Crippen LogP contribution is 2.28. The molecule has 2 N–H and O–H groups in total. The lowest BCUT2D eigenvalue weighted by molar-refractivity contribution is -0.114. The quantitative estimate of drug-likeness (QED) is 0.856. The zero-order valence-electron chi connectivity index (χ0n) is 10.7.